The Bertz CT molecular complexity index is 315. The Hall–Kier alpha value is -1.20. The highest BCUT2D eigenvalue weighted by atomic mass is 16.2. The zero-order valence-electron chi connectivity index (χ0n) is 11.4. The van der Waals surface area contributed by atoms with Crippen LogP contribution in [0.1, 0.15) is 31.7 Å². The number of nitrogens with zero attached hydrogens (tertiary/aromatic N) is 3. The summed E-state index contributed by atoms with van der Waals surface area (Å²) >= 11 is 0. The Morgan fingerprint density at radius 2 is 1.94 bits per heavy atom. The molecule has 0 aliphatic carbocycles. The minimum absolute atomic E-state index is 0.277. The molecule has 5 nitrogen and oxygen atoms in total. The van der Waals surface area contributed by atoms with Crippen molar-refractivity contribution in [2.75, 3.05) is 31.6 Å². The van der Waals surface area contributed by atoms with Crippen LogP contribution in [0.15, 0.2) is 12.4 Å². The summed E-state index contributed by atoms with van der Waals surface area (Å²) in [6.07, 6.45) is 6.71. The quantitative estimate of drug-likeness (QED) is 0.646. The number of anilines is 1. The van der Waals surface area contributed by atoms with Crippen LogP contribution in [0.2, 0.25) is 0 Å². The van der Waals surface area contributed by atoms with Gasteiger partial charge in [0.1, 0.15) is 0 Å². The third-order valence-electron chi connectivity index (χ3n) is 2.76. The van der Waals surface area contributed by atoms with Crippen molar-refractivity contribution in [2.24, 2.45) is 0 Å². The minimum Gasteiger partial charge on any atom is -0.396 e. The lowest BCUT2D eigenvalue weighted by molar-refractivity contribution is 0.283. The Labute approximate surface area is 109 Å². The fraction of sp³-hybridized carbons (Fsp3) is 0.692. The van der Waals surface area contributed by atoms with Gasteiger partial charge in [-0.15, -0.1) is 0 Å². The SMILES string of the molecule is CCNCc1cnc(N(C)CCCCCO)nc1. The van der Waals surface area contributed by atoms with Crippen molar-refractivity contribution >= 4 is 5.95 Å². The molecule has 0 atom stereocenters. The summed E-state index contributed by atoms with van der Waals surface area (Å²) in [5, 5.41) is 11.9. The van der Waals surface area contributed by atoms with Gasteiger partial charge in [0, 0.05) is 44.7 Å². The molecule has 0 fully saturated rings. The van der Waals surface area contributed by atoms with Crippen molar-refractivity contribution in [3.05, 3.63) is 18.0 Å². The molecular formula is C13H24N4O. The van der Waals surface area contributed by atoms with E-state index in [1.807, 2.05) is 19.4 Å². The molecule has 0 unspecified atom stereocenters. The van der Waals surface area contributed by atoms with Gasteiger partial charge in [-0.1, -0.05) is 6.92 Å². The van der Waals surface area contributed by atoms with Crippen molar-refractivity contribution < 1.29 is 5.11 Å². The van der Waals surface area contributed by atoms with E-state index in [2.05, 4.69) is 27.1 Å². The van der Waals surface area contributed by atoms with Crippen LogP contribution in [0.3, 0.4) is 0 Å². The number of hydrogen-bond donors (Lipinski definition) is 2. The summed E-state index contributed by atoms with van der Waals surface area (Å²) in [4.78, 5) is 10.8. The lowest BCUT2D eigenvalue weighted by Crippen LogP contribution is -2.21. The normalized spacial score (nSPS) is 10.6. The second kappa shape index (κ2) is 8.83. The lowest BCUT2D eigenvalue weighted by atomic mass is 10.2. The molecule has 0 spiro atoms. The number of nitrogens with one attached hydrogen (secondary N) is 1. The molecule has 102 valence electrons. The zero-order valence-corrected chi connectivity index (χ0v) is 11.4. The summed E-state index contributed by atoms with van der Waals surface area (Å²) in [7, 11) is 2.00. The van der Waals surface area contributed by atoms with E-state index in [0.29, 0.717) is 0 Å². The van der Waals surface area contributed by atoms with Gasteiger partial charge in [-0.25, -0.2) is 9.97 Å². The van der Waals surface area contributed by atoms with Gasteiger partial charge in [0.05, 0.1) is 0 Å². The summed E-state index contributed by atoms with van der Waals surface area (Å²) in [5.41, 5.74) is 1.11. The molecule has 0 saturated heterocycles. The van der Waals surface area contributed by atoms with Crippen LogP contribution in [0.25, 0.3) is 0 Å². The van der Waals surface area contributed by atoms with Gasteiger partial charge in [0.2, 0.25) is 5.95 Å². The van der Waals surface area contributed by atoms with E-state index in [-0.39, 0.29) is 6.61 Å². The molecule has 2 N–H and O–H groups in total. The molecule has 0 amide bonds. The van der Waals surface area contributed by atoms with E-state index in [9.17, 15) is 0 Å². The first kappa shape index (κ1) is 14.9. The topological polar surface area (TPSA) is 61.3 Å². The third kappa shape index (κ3) is 5.42. The summed E-state index contributed by atoms with van der Waals surface area (Å²) in [6, 6.07) is 0. The minimum atomic E-state index is 0.277. The van der Waals surface area contributed by atoms with Gasteiger partial charge in [0.25, 0.3) is 0 Å². The van der Waals surface area contributed by atoms with E-state index >= 15 is 0 Å². The highest BCUT2D eigenvalue weighted by molar-refractivity contribution is 5.28. The van der Waals surface area contributed by atoms with Crippen LogP contribution in [0, 0.1) is 0 Å². The summed E-state index contributed by atoms with van der Waals surface area (Å²) in [5.74, 6) is 0.763. The number of hydrogen-bond acceptors (Lipinski definition) is 5. The average molecular weight is 252 g/mol. The van der Waals surface area contributed by atoms with Gasteiger partial charge in [0.15, 0.2) is 0 Å². The predicted molar refractivity (Wildman–Crippen MR) is 73.6 cm³/mol. The van der Waals surface area contributed by atoms with Gasteiger partial charge in [-0.2, -0.15) is 0 Å². The Morgan fingerprint density at radius 1 is 1.22 bits per heavy atom. The molecule has 0 aliphatic rings. The molecule has 0 bridgehead atoms. The molecule has 0 aromatic carbocycles. The monoisotopic (exact) mass is 252 g/mol. The Morgan fingerprint density at radius 3 is 2.56 bits per heavy atom. The maximum Gasteiger partial charge on any atom is 0.224 e. The standard InChI is InChI=1S/C13H24N4O/c1-3-14-9-12-10-15-13(16-11-12)17(2)7-5-4-6-8-18/h10-11,14,18H,3-9H2,1-2H3. The van der Waals surface area contributed by atoms with Gasteiger partial charge >= 0.3 is 0 Å². The third-order valence-corrected chi connectivity index (χ3v) is 2.76. The first-order valence-electron chi connectivity index (χ1n) is 6.61. The van der Waals surface area contributed by atoms with E-state index in [4.69, 9.17) is 5.11 Å². The maximum absolute atomic E-state index is 8.71. The lowest BCUT2D eigenvalue weighted by Gasteiger charge is -2.16. The van der Waals surface area contributed by atoms with E-state index in [0.717, 1.165) is 50.4 Å². The zero-order chi connectivity index (χ0) is 13.2. The van der Waals surface area contributed by atoms with E-state index in [1.165, 1.54) is 0 Å². The summed E-state index contributed by atoms with van der Waals surface area (Å²) in [6.45, 7) is 5.05. The molecule has 1 aromatic rings. The fourth-order valence-corrected chi connectivity index (χ4v) is 1.64. The van der Waals surface area contributed by atoms with Crippen LogP contribution >= 0.6 is 0 Å². The second-order valence-electron chi connectivity index (χ2n) is 4.38. The fourth-order valence-electron chi connectivity index (χ4n) is 1.64. The van der Waals surface area contributed by atoms with Crippen molar-refractivity contribution in [3.63, 3.8) is 0 Å². The van der Waals surface area contributed by atoms with Crippen molar-refractivity contribution in [3.8, 4) is 0 Å². The number of unbranched alkanes of at least 4 members (excludes halogenated alkanes) is 2. The highest BCUT2D eigenvalue weighted by Crippen LogP contribution is 2.07. The molecule has 18 heavy (non-hydrogen) atoms. The Kier molecular flexibility index (Phi) is 7.29. The molecular weight excluding hydrogens is 228 g/mol. The molecule has 5 heteroatoms. The summed E-state index contributed by atoms with van der Waals surface area (Å²) < 4.78 is 0. The van der Waals surface area contributed by atoms with Crippen molar-refractivity contribution in [2.45, 2.75) is 32.7 Å². The molecule has 0 aliphatic heterocycles. The van der Waals surface area contributed by atoms with Crippen LogP contribution < -0.4 is 10.2 Å². The van der Waals surface area contributed by atoms with Crippen LogP contribution in [-0.4, -0.2) is 41.8 Å². The van der Waals surface area contributed by atoms with Crippen molar-refractivity contribution in [1.82, 2.24) is 15.3 Å². The van der Waals surface area contributed by atoms with E-state index in [1.54, 1.807) is 0 Å². The largest absolute Gasteiger partial charge is 0.396 e. The van der Waals surface area contributed by atoms with Crippen LogP contribution in [0.5, 0.6) is 0 Å². The van der Waals surface area contributed by atoms with E-state index < -0.39 is 0 Å². The van der Waals surface area contributed by atoms with Gasteiger partial charge in [-0.05, 0) is 25.8 Å². The highest BCUT2D eigenvalue weighted by Gasteiger charge is 2.03. The molecule has 0 radical (unpaired) electrons. The number of aliphatic hydroxyl groups is 1. The second-order valence-corrected chi connectivity index (χ2v) is 4.38. The van der Waals surface area contributed by atoms with Crippen molar-refractivity contribution in [1.29, 1.82) is 0 Å². The number of aliphatic hydroxyl groups excluding tert-OH is 1. The van der Waals surface area contributed by atoms with Gasteiger partial charge < -0.3 is 15.3 Å². The number of rotatable bonds is 9. The predicted octanol–water partition coefficient (Wildman–Crippen LogP) is 1.18. The van der Waals surface area contributed by atoms with Crippen LogP contribution in [-0.2, 0) is 6.54 Å². The first-order chi connectivity index (χ1) is 8.77. The molecule has 1 aromatic heterocycles. The number of aromatic nitrogens is 2. The first-order valence-corrected chi connectivity index (χ1v) is 6.61. The average Bonchev–Trinajstić information content (AvgIpc) is 2.41. The Balaban J connectivity index is 2.36. The molecule has 1 heterocycles. The van der Waals surface area contributed by atoms with Gasteiger partial charge in [-0.3, -0.25) is 0 Å². The molecule has 0 saturated carbocycles. The smallest absolute Gasteiger partial charge is 0.224 e. The molecule has 1 rings (SSSR count). The maximum atomic E-state index is 8.71. The van der Waals surface area contributed by atoms with Crippen LogP contribution in [0.4, 0.5) is 5.95 Å².